The topological polar surface area (TPSA) is 65.8 Å². The van der Waals surface area contributed by atoms with Gasteiger partial charge in [-0.05, 0) is 43.3 Å². The van der Waals surface area contributed by atoms with Crippen LogP contribution in [0.3, 0.4) is 0 Å². The number of nitrogens with zero attached hydrogens (tertiary/aromatic N) is 2. The van der Waals surface area contributed by atoms with Crippen molar-refractivity contribution in [3.8, 4) is 0 Å². The number of nitrogens with one attached hydrogen (secondary N) is 1. The van der Waals surface area contributed by atoms with Crippen LogP contribution in [0.5, 0.6) is 0 Å². The number of fused-ring (bicyclic) bond motifs is 1. The van der Waals surface area contributed by atoms with Crippen LogP contribution in [0.25, 0.3) is 11.0 Å². The van der Waals surface area contributed by atoms with Gasteiger partial charge in [-0.2, -0.15) is 0 Å². The zero-order valence-electron chi connectivity index (χ0n) is 15.4. The second-order valence-corrected chi connectivity index (χ2v) is 7.32. The van der Waals surface area contributed by atoms with Gasteiger partial charge in [-0.1, -0.05) is 29.8 Å². The monoisotopic (exact) mass is 397 g/mol. The molecule has 0 bridgehead atoms. The average molecular weight is 398 g/mol. The van der Waals surface area contributed by atoms with Crippen LogP contribution in [0.1, 0.15) is 17.5 Å². The van der Waals surface area contributed by atoms with Crippen LogP contribution in [0.4, 0.5) is 10.5 Å². The zero-order valence-corrected chi connectivity index (χ0v) is 16.1. The van der Waals surface area contributed by atoms with Crippen LogP contribution < -0.4 is 5.32 Å². The number of halogens is 1. The molecule has 0 radical (unpaired) electrons. The molecule has 3 aromatic rings. The number of rotatable bonds is 2. The van der Waals surface area contributed by atoms with Crippen LogP contribution in [0, 0.1) is 0 Å². The van der Waals surface area contributed by atoms with Crippen molar-refractivity contribution in [3.63, 3.8) is 0 Å². The summed E-state index contributed by atoms with van der Waals surface area (Å²) < 4.78 is 5.69. The largest absolute Gasteiger partial charge is 0.451 e. The van der Waals surface area contributed by atoms with Gasteiger partial charge in [0, 0.05) is 41.8 Å². The van der Waals surface area contributed by atoms with Crippen molar-refractivity contribution in [1.82, 2.24) is 9.80 Å². The van der Waals surface area contributed by atoms with E-state index < -0.39 is 0 Å². The highest BCUT2D eigenvalue weighted by Gasteiger charge is 2.31. The Morgan fingerprint density at radius 1 is 1.11 bits per heavy atom. The third kappa shape index (κ3) is 3.68. The Balaban J connectivity index is 1.40. The lowest BCUT2D eigenvalue weighted by molar-refractivity contribution is 0.0565. The molecule has 0 aliphatic carbocycles. The third-order valence-electron chi connectivity index (χ3n) is 4.91. The fourth-order valence-corrected chi connectivity index (χ4v) is 3.54. The standard InChI is InChI=1S/C21H20ClN3O3/c1-14-13-24(20(26)19-12-15-4-2-3-5-18(15)28-19)10-11-25(14)21(27)23-17-8-6-16(22)7-9-17/h2-9,12,14H,10-11,13H2,1H3,(H,23,27). The molecule has 1 saturated heterocycles. The second-order valence-electron chi connectivity index (χ2n) is 6.88. The van der Waals surface area contributed by atoms with Gasteiger partial charge in [-0.25, -0.2) is 4.79 Å². The molecule has 2 aromatic carbocycles. The minimum Gasteiger partial charge on any atom is -0.451 e. The Morgan fingerprint density at radius 3 is 2.57 bits per heavy atom. The molecule has 144 valence electrons. The first kappa shape index (κ1) is 18.4. The summed E-state index contributed by atoms with van der Waals surface area (Å²) in [5.74, 6) is 0.174. The lowest BCUT2D eigenvalue weighted by Crippen LogP contribution is -2.56. The fourth-order valence-electron chi connectivity index (χ4n) is 3.42. The van der Waals surface area contributed by atoms with E-state index in [0.29, 0.717) is 41.7 Å². The SMILES string of the molecule is CC1CN(C(=O)c2cc3ccccc3o2)CCN1C(=O)Nc1ccc(Cl)cc1. The Labute approximate surface area is 167 Å². The summed E-state index contributed by atoms with van der Waals surface area (Å²) >= 11 is 5.87. The number of amides is 3. The highest BCUT2D eigenvalue weighted by Crippen LogP contribution is 2.22. The first-order valence-corrected chi connectivity index (χ1v) is 9.50. The van der Waals surface area contributed by atoms with Crippen LogP contribution in [0.15, 0.2) is 59.0 Å². The predicted octanol–water partition coefficient (Wildman–Crippen LogP) is 4.46. The van der Waals surface area contributed by atoms with Crippen LogP contribution in [-0.4, -0.2) is 47.4 Å². The highest BCUT2D eigenvalue weighted by molar-refractivity contribution is 6.30. The zero-order chi connectivity index (χ0) is 19.7. The summed E-state index contributed by atoms with van der Waals surface area (Å²) in [5.41, 5.74) is 1.38. The molecule has 7 heteroatoms. The van der Waals surface area contributed by atoms with Crippen molar-refractivity contribution in [2.24, 2.45) is 0 Å². The van der Waals surface area contributed by atoms with Crippen molar-refractivity contribution in [2.45, 2.75) is 13.0 Å². The van der Waals surface area contributed by atoms with Crippen molar-refractivity contribution in [2.75, 3.05) is 25.0 Å². The van der Waals surface area contributed by atoms with E-state index in [1.54, 1.807) is 40.1 Å². The molecule has 3 amide bonds. The molecule has 2 heterocycles. The molecule has 1 unspecified atom stereocenters. The van der Waals surface area contributed by atoms with Gasteiger partial charge in [0.05, 0.1) is 0 Å². The maximum atomic E-state index is 12.8. The van der Waals surface area contributed by atoms with E-state index in [0.717, 1.165) is 5.39 Å². The maximum absolute atomic E-state index is 12.8. The molecule has 28 heavy (non-hydrogen) atoms. The Morgan fingerprint density at radius 2 is 1.86 bits per heavy atom. The van der Waals surface area contributed by atoms with Gasteiger partial charge in [0.15, 0.2) is 5.76 Å². The minimum absolute atomic E-state index is 0.116. The molecule has 1 atom stereocenters. The number of piperazine rings is 1. The van der Waals surface area contributed by atoms with E-state index in [4.69, 9.17) is 16.0 Å². The summed E-state index contributed by atoms with van der Waals surface area (Å²) in [4.78, 5) is 28.9. The number of anilines is 1. The lowest BCUT2D eigenvalue weighted by Gasteiger charge is -2.39. The molecule has 6 nitrogen and oxygen atoms in total. The van der Waals surface area contributed by atoms with Crippen molar-refractivity contribution >= 4 is 40.2 Å². The van der Waals surface area contributed by atoms with Crippen molar-refractivity contribution in [3.05, 3.63) is 65.4 Å². The maximum Gasteiger partial charge on any atom is 0.322 e. The first-order chi connectivity index (χ1) is 13.5. The summed E-state index contributed by atoms with van der Waals surface area (Å²) in [5, 5.41) is 4.39. The Bertz CT molecular complexity index is 982. The summed E-state index contributed by atoms with van der Waals surface area (Å²) in [7, 11) is 0. The van der Waals surface area contributed by atoms with Crippen molar-refractivity contribution in [1.29, 1.82) is 0 Å². The van der Waals surface area contributed by atoms with E-state index in [1.165, 1.54) is 0 Å². The highest BCUT2D eigenvalue weighted by atomic mass is 35.5. The van der Waals surface area contributed by atoms with Crippen molar-refractivity contribution < 1.29 is 14.0 Å². The molecule has 0 saturated carbocycles. The molecule has 1 aliphatic rings. The first-order valence-electron chi connectivity index (χ1n) is 9.12. The lowest BCUT2D eigenvalue weighted by atomic mass is 10.2. The van der Waals surface area contributed by atoms with E-state index >= 15 is 0 Å². The number of hydrogen-bond donors (Lipinski definition) is 1. The molecular weight excluding hydrogens is 378 g/mol. The molecule has 4 rings (SSSR count). The number of carbonyl (C=O) groups is 2. The molecule has 1 aliphatic heterocycles. The molecule has 0 spiro atoms. The van der Waals surface area contributed by atoms with Gasteiger partial charge in [0.2, 0.25) is 0 Å². The molecule has 1 N–H and O–H groups in total. The van der Waals surface area contributed by atoms with E-state index in [-0.39, 0.29) is 18.0 Å². The van der Waals surface area contributed by atoms with Gasteiger partial charge in [-0.15, -0.1) is 0 Å². The summed E-state index contributed by atoms with van der Waals surface area (Å²) in [6.45, 7) is 3.28. The van der Waals surface area contributed by atoms with Crippen LogP contribution in [0.2, 0.25) is 5.02 Å². The van der Waals surface area contributed by atoms with Crippen LogP contribution in [-0.2, 0) is 0 Å². The number of carbonyl (C=O) groups excluding carboxylic acids is 2. The number of hydrogen-bond acceptors (Lipinski definition) is 3. The van der Waals surface area contributed by atoms with Gasteiger partial charge >= 0.3 is 6.03 Å². The van der Waals surface area contributed by atoms with E-state index in [1.807, 2.05) is 31.2 Å². The minimum atomic E-state index is -0.189. The van der Waals surface area contributed by atoms with E-state index in [9.17, 15) is 9.59 Å². The number of furan rings is 1. The number of para-hydroxylation sites is 1. The van der Waals surface area contributed by atoms with Gasteiger partial charge in [0.25, 0.3) is 5.91 Å². The fraction of sp³-hybridized carbons (Fsp3) is 0.238. The number of urea groups is 1. The van der Waals surface area contributed by atoms with Crippen LogP contribution >= 0.6 is 11.6 Å². The molecule has 1 aromatic heterocycles. The third-order valence-corrected chi connectivity index (χ3v) is 5.16. The van der Waals surface area contributed by atoms with Gasteiger partial charge in [0.1, 0.15) is 5.58 Å². The Hall–Kier alpha value is -2.99. The Kier molecular flexibility index (Phi) is 4.96. The summed E-state index contributed by atoms with van der Waals surface area (Å²) in [6, 6.07) is 16.0. The smallest absolute Gasteiger partial charge is 0.322 e. The van der Waals surface area contributed by atoms with Gasteiger partial charge in [-0.3, -0.25) is 4.79 Å². The number of benzene rings is 2. The van der Waals surface area contributed by atoms with Gasteiger partial charge < -0.3 is 19.5 Å². The summed E-state index contributed by atoms with van der Waals surface area (Å²) in [6.07, 6.45) is 0. The predicted molar refractivity (Wildman–Crippen MR) is 109 cm³/mol. The molecule has 1 fully saturated rings. The normalized spacial score (nSPS) is 17.0. The molecular formula is C21H20ClN3O3. The quantitative estimate of drug-likeness (QED) is 0.694. The average Bonchev–Trinajstić information content (AvgIpc) is 3.13. The second kappa shape index (κ2) is 7.56. The van der Waals surface area contributed by atoms with E-state index in [2.05, 4.69) is 5.32 Å².